The van der Waals surface area contributed by atoms with E-state index in [-0.39, 0.29) is 5.75 Å². The van der Waals surface area contributed by atoms with Gasteiger partial charge in [-0.25, -0.2) is 13.8 Å². The van der Waals surface area contributed by atoms with E-state index >= 15 is 0 Å². The van der Waals surface area contributed by atoms with Gasteiger partial charge >= 0.3 is 6.43 Å². The summed E-state index contributed by atoms with van der Waals surface area (Å²) in [6, 6.07) is 6.28. The first-order valence-corrected chi connectivity index (χ1v) is 7.90. The van der Waals surface area contributed by atoms with Crippen LogP contribution in [-0.2, 0) is 6.42 Å². The van der Waals surface area contributed by atoms with Crippen LogP contribution in [0.15, 0.2) is 24.3 Å². The van der Waals surface area contributed by atoms with Gasteiger partial charge in [0.25, 0.3) is 6.36 Å². The van der Waals surface area contributed by atoms with Crippen LogP contribution in [0.3, 0.4) is 0 Å². The molecule has 2 rings (SSSR count). The van der Waals surface area contributed by atoms with Crippen molar-refractivity contribution in [2.75, 3.05) is 0 Å². The van der Waals surface area contributed by atoms with E-state index in [1.54, 1.807) is 12.1 Å². The van der Waals surface area contributed by atoms with Gasteiger partial charge in [0.1, 0.15) is 5.75 Å². The van der Waals surface area contributed by atoms with Crippen molar-refractivity contribution in [1.82, 2.24) is 4.98 Å². The number of ether oxygens (including phenoxy) is 1. The van der Waals surface area contributed by atoms with E-state index in [1.165, 1.54) is 23.5 Å². The Kier molecular flexibility index (Phi) is 5.69. The Morgan fingerprint density at radius 3 is 2.64 bits per heavy atom. The third-order valence-electron chi connectivity index (χ3n) is 2.82. The van der Waals surface area contributed by atoms with Gasteiger partial charge in [0.2, 0.25) is 0 Å². The molecule has 0 fully saturated rings. The SMILES string of the molecule is CC(C)Cc1sc(Cl)nc1-c1cccc(OC(F)C(F)F)c1. The lowest BCUT2D eigenvalue weighted by atomic mass is 10.0. The van der Waals surface area contributed by atoms with Gasteiger partial charge in [-0.15, -0.1) is 11.3 Å². The number of hydrogen-bond donors (Lipinski definition) is 0. The van der Waals surface area contributed by atoms with Crippen molar-refractivity contribution in [3.05, 3.63) is 33.6 Å². The molecule has 120 valence electrons. The van der Waals surface area contributed by atoms with E-state index < -0.39 is 12.8 Å². The second-order valence-electron chi connectivity index (χ2n) is 5.17. The van der Waals surface area contributed by atoms with Crippen LogP contribution in [0.2, 0.25) is 4.47 Å². The van der Waals surface area contributed by atoms with Gasteiger partial charge in [0, 0.05) is 10.4 Å². The Morgan fingerprint density at radius 2 is 2.00 bits per heavy atom. The topological polar surface area (TPSA) is 22.1 Å². The number of nitrogens with zero attached hydrogens (tertiary/aromatic N) is 1. The minimum absolute atomic E-state index is 0.0323. The lowest BCUT2D eigenvalue weighted by Crippen LogP contribution is -2.19. The highest BCUT2D eigenvalue weighted by atomic mass is 35.5. The summed E-state index contributed by atoms with van der Waals surface area (Å²) in [7, 11) is 0. The number of thiazole rings is 1. The molecule has 0 aliphatic carbocycles. The number of rotatable bonds is 6. The molecule has 0 bridgehead atoms. The average molecular weight is 350 g/mol. The molecule has 0 aliphatic rings. The monoisotopic (exact) mass is 349 g/mol. The maximum atomic E-state index is 13.0. The molecule has 0 spiro atoms. The van der Waals surface area contributed by atoms with Gasteiger partial charge in [-0.1, -0.05) is 37.6 Å². The van der Waals surface area contributed by atoms with E-state index in [0.29, 0.717) is 21.6 Å². The third kappa shape index (κ3) is 4.36. The van der Waals surface area contributed by atoms with Gasteiger partial charge in [-0.2, -0.15) is 4.39 Å². The molecule has 0 radical (unpaired) electrons. The van der Waals surface area contributed by atoms with Gasteiger partial charge in [-0.05, 0) is 24.5 Å². The second kappa shape index (κ2) is 7.33. The number of halogens is 4. The van der Waals surface area contributed by atoms with Crippen molar-refractivity contribution in [2.24, 2.45) is 5.92 Å². The highest BCUT2D eigenvalue weighted by molar-refractivity contribution is 7.16. The molecule has 0 amide bonds. The maximum Gasteiger partial charge on any atom is 0.304 e. The van der Waals surface area contributed by atoms with E-state index in [9.17, 15) is 13.2 Å². The van der Waals surface area contributed by atoms with Gasteiger partial charge in [-0.3, -0.25) is 0 Å². The van der Waals surface area contributed by atoms with Crippen molar-refractivity contribution >= 4 is 22.9 Å². The summed E-state index contributed by atoms with van der Waals surface area (Å²) in [5.41, 5.74) is 1.35. The van der Waals surface area contributed by atoms with Crippen LogP contribution in [0.5, 0.6) is 5.75 Å². The minimum Gasteiger partial charge on any atom is -0.454 e. The summed E-state index contributed by atoms with van der Waals surface area (Å²) in [5, 5.41) is 0. The fourth-order valence-electron chi connectivity index (χ4n) is 1.96. The van der Waals surface area contributed by atoms with Crippen molar-refractivity contribution in [2.45, 2.75) is 33.1 Å². The lowest BCUT2D eigenvalue weighted by Gasteiger charge is -2.11. The van der Waals surface area contributed by atoms with Gasteiger partial charge in [0.15, 0.2) is 4.47 Å². The molecule has 22 heavy (non-hydrogen) atoms. The molecule has 1 heterocycles. The maximum absolute atomic E-state index is 13.0. The smallest absolute Gasteiger partial charge is 0.304 e. The quantitative estimate of drug-likeness (QED) is 0.677. The molecule has 1 aromatic carbocycles. The fourth-order valence-corrected chi connectivity index (χ4v) is 3.34. The Morgan fingerprint density at radius 1 is 1.27 bits per heavy atom. The summed E-state index contributed by atoms with van der Waals surface area (Å²) in [5.74, 6) is 0.452. The first kappa shape index (κ1) is 17.1. The van der Waals surface area contributed by atoms with Crippen LogP contribution in [0.1, 0.15) is 18.7 Å². The molecule has 0 saturated carbocycles. The predicted molar refractivity (Wildman–Crippen MR) is 82.6 cm³/mol. The van der Waals surface area contributed by atoms with Crippen LogP contribution in [0, 0.1) is 5.92 Å². The summed E-state index contributed by atoms with van der Waals surface area (Å²) >= 11 is 7.36. The molecule has 0 N–H and O–H groups in total. The van der Waals surface area contributed by atoms with E-state index in [4.69, 9.17) is 11.6 Å². The van der Waals surface area contributed by atoms with Crippen LogP contribution in [-0.4, -0.2) is 17.8 Å². The van der Waals surface area contributed by atoms with Crippen molar-refractivity contribution in [1.29, 1.82) is 0 Å². The normalized spacial score (nSPS) is 12.9. The Hall–Kier alpha value is -1.27. The number of benzene rings is 1. The van der Waals surface area contributed by atoms with Gasteiger partial charge in [0.05, 0.1) is 5.69 Å². The standard InChI is InChI=1S/C15H15ClF3NOS/c1-8(2)6-11-12(20-15(16)22-11)9-4-3-5-10(7-9)21-14(19)13(17)18/h3-5,7-8,13-14H,6H2,1-2H3. The summed E-state index contributed by atoms with van der Waals surface area (Å²) in [6.45, 7) is 4.15. The highest BCUT2D eigenvalue weighted by Gasteiger charge is 2.21. The highest BCUT2D eigenvalue weighted by Crippen LogP contribution is 2.34. The number of hydrogen-bond acceptors (Lipinski definition) is 3. The molecule has 0 aliphatic heterocycles. The van der Waals surface area contributed by atoms with E-state index in [2.05, 4.69) is 23.6 Å². The zero-order valence-electron chi connectivity index (χ0n) is 12.0. The molecular weight excluding hydrogens is 335 g/mol. The molecule has 0 saturated heterocycles. The zero-order valence-corrected chi connectivity index (χ0v) is 13.6. The Labute approximate surface area is 135 Å². The Bertz CT molecular complexity index is 633. The second-order valence-corrected chi connectivity index (χ2v) is 6.83. The third-order valence-corrected chi connectivity index (χ3v) is 4.00. The molecule has 2 aromatic rings. The first-order chi connectivity index (χ1) is 10.4. The van der Waals surface area contributed by atoms with Gasteiger partial charge < -0.3 is 4.74 Å². The largest absolute Gasteiger partial charge is 0.454 e. The van der Waals surface area contributed by atoms with Crippen molar-refractivity contribution < 1.29 is 17.9 Å². The zero-order chi connectivity index (χ0) is 16.3. The number of alkyl halides is 3. The summed E-state index contributed by atoms with van der Waals surface area (Å²) < 4.78 is 42.4. The Balaban J connectivity index is 2.29. The van der Waals surface area contributed by atoms with Crippen molar-refractivity contribution in [3.63, 3.8) is 0 Å². The summed E-state index contributed by atoms with van der Waals surface area (Å²) in [4.78, 5) is 5.28. The van der Waals surface area contributed by atoms with Crippen LogP contribution in [0.25, 0.3) is 11.3 Å². The lowest BCUT2D eigenvalue weighted by molar-refractivity contribution is -0.0668. The van der Waals surface area contributed by atoms with E-state index in [0.717, 1.165) is 11.3 Å². The van der Waals surface area contributed by atoms with Crippen molar-refractivity contribution in [3.8, 4) is 17.0 Å². The van der Waals surface area contributed by atoms with E-state index in [1.807, 2.05) is 0 Å². The molecule has 2 nitrogen and oxygen atoms in total. The number of aromatic nitrogens is 1. The minimum atomic E-state index is -3.19. The average Bonchev–Trinajstić information content (AvgIpc) is 2.79. The predicted octanol–water partition coefficient (Wildman–Crippen LogP) is 5.60. The molecular formula is C15H15ClF3NOS. The molecule has 1 unspecified atom stereocenters. The van der Waals surface area contributed by atoms with Crippen LogP contribution in [0.4, 0.5) is 13.2 Å². The summed E-state index contributed by atoms with van der Waals surface area (Å²) in [6.07, 6.45) is -5.04. The first-order valence-electron chi connectivity index (χ1n) is 6.71. The molecule has 7 heteroatoms. The van der Waals surface area contributed by atoms with Crippen LogP contribution >= 0.6 is 22.9 Å². The fraction of sp³-hybridized carbons (Fsp3) is 0.400. The molecule has 1 atom stereocenters. The molecule has 1 aromatic heterocycles. The van der Waals surface area contributed by atoms with Crippen LogP contribution < -0.4 is 4.74 Å².